The topological polar surface area (TPSA) is 72.5 Å². The van der Waals surface area contributed by atoms with Crippen molar-refractivity contribution in [2.45, 2.75) is 32.1 Å². The van der Waals surface area contributed by atoms with Crippen LogP contribution < -0.4 is 5.32 Å². The summed E-state index contributed by atoms with van der Waals surface area (Å²) in [6.07, 6.45) is 0.785. The van der Waals surface area contributed by atoms with Crippen molar-refractivity contribution in [2.24, 2.45) is 0 Å². The zero-order valence-electron chi connectivity index (χ0n) is 15.2. The molecule has 0 saturated carbocycles. The Morgan fingerprint density at radius 3 is 2.50 bits per heavy atom. The van der Waals surface area contributed by atoms with Crippen molar-refractivity contribution in [1.29, 1.82) is 0 Å². The maximum absolute atomic E-state index is 12.3. The minimum absolute atomic E-state index is 0.227. The van der Waals surface area contributed by atoms with Crippen LogP contribution >= 0.6 is 0 Å². The van der Waals surface area contributed by atoms with E-state index in [0.717, 1.165) is 23.2 Å². The van der Waals surface area contributed by atoms with Gasteiger partial charge in [-0.05, 0) is 36.6 Å². The van der Waals surface area contributed by atoms with E-state index in [1.807, 2.05) is 32.0 Å². The van der Waals surface area contributed by atoms with Gasteiger partial charge in [-0.15, -0.1) is 0 Å². The Balaban J connectivity index is 2.05. The van der Waals surface area contributed by atoms with Crippen LogP contribution in [0.5, 0.6) is 0 Å². The Morgan fingerprint density at radius 2 is 1.81 bits per heavy atom. The number of esters is 1. The first-order valence-corrected chi connectivity index (χ1v) is 9.82. The van der Waals surface area contributed by atoms with Crippen LogP contribution in [0.15, 0.2) is 47.4 Å². The second-order valence-corrected chi connectivity index (χ2v) is 7.43. The molecule has 138 valence electrons. The van der Waals surface area contributed by atoms with E-state index in [0.29, 0.717) is 10.6 Å². The van der Waals surface area contributed by atoms with Crippen molar-refractivity contribution in [1.82, 2.24) is 0 Å². The minimum atomic E-state index is -1.28. The molecule has 1 atom stereocenters. The second kappa shape index (κ2) is 9.29. The molecule has 0 spiro atoms. The van der Waals surface area contributed by atoms with E-state index in [-0.39, 0.29) is 5.56 Å². The highest BCUT2D eigenvalue weighted by Gasteiger charge is 2.17. The molecule has 0 heterocycles. The van der Waals surface area contributed by atoms with E-state index < -0.39 is 29.3 Å². The van der Waals surface area contributed by atoms with Crippen molar-refractivity contribution in [3.63, 3.8) is 0 Å². The Labute approximate surface area is 156 Å². The van der Waals surface area contributed by atoms with Crippen LogP contribution in [0.2, 0.25) is 0 Å². The average Bonchev–Trinajstić information content (AvgIpc) is 2.67. The van der Waals surface area contributed by atoms with Gasteiger partial charge in [-0.2, -0.15) is 0 Å². The zero-order chi connectivity index (χ0) is 19.1. The van der Waals surface area contributed by atoms with Crippen LogP contribution in [0.3, 0.4) is 0 Å². The van der Waals surface area contributed by atoms with Crippen LogP contribution in [0.4, 0.5) is 5.69 Å². The van der Waals surface area contributed by atoms with Gasteiger partial charge in [0, 0.05) is 11.4 Å². The lowest BCUT2D eigenvalue weighted by atomic mass is 10.1. The first kappa shape index (κ1) is 19.8. The smallest absolute Gasteiger partial charge is 0.339 e. The normalized spacial score (nSPS) is 11.7. The molecule has 26 heavy (non-hydrogen) atoms. The molecular weight excluding hydrogens is 350 g/mol. The SMILES string of the molecule is CCc1cccc(C)c1NC(=O)COC(=O)c1ccccc1[S@](=O)CC. The van der Waals surface area contributed by atoms with E-state index in [9.17, 15) is 13.8 Å². The summed E-state index contributed by atoms with van der Waals surface area (Å²) in [4.78, 5) is 24.9. The van der Waals surface area contributed by atoms with Crippen molar-refractivity contribution < 1.29 is 18.5 Å². The third-order valence-corrected chi connectivity index (χ3v) is 5.32. The van der Waals surface area contributed by atoms with Crippen molar-refractivity contribution in [2.75, 3.05) is 17.7 Å². The number of para-hydroxylation sites is 1. The molecule has 2 aromatic rings. The summed E-state index contributed by atoms with van der Waals surface area (Å²) in [6, 6.07) is 12.4. The fourth-order valence-corrected chi connectivity index (χ4v) is 3.51. The van der Waals surface area contributed by atoms with Gasteiger partial charge in [-0.25, -0.2) is 4.79 Å². The van der Waals surface area contributed by atoms with Gasteiger partial charge in [0.1, 0.15) is 0 Å². The maximum Gasteiger partial charge on any atom is 0.339 e. The molecule has 0 aliphatic rings. The van der Waals surface area contributed by atoms with Crippen LogP contribution in [0.25, 0.3) is 0 Å². The van der Waals surface area contributed by atoms with Crippen LogP contribution in [-0.4, -0.2) is 28.4 Å². The number of hydrogen-bond donors (Lipinski definition) is 1. The number of nitrogens with one attached hydrogen (secondary N) is 1. The summed E-state index contributed by atoms with van der Waals surface area (Å²) in [5.74, 6) is -0.660. The van der Waals surface area contributed by atoms with Crippen LogP contribution in [0.1, 0.15) is 35.3 Å². The summed E-state index contributed by atoms with van der Waals surface area (Å²) in [5.41, 5.74) is 2.95. The highest BCUT2D eigenvalue weighted by atomic mass is 32.2. The van der Waals surface area contributed by atoms with Gasteiger partial charge in [-0.3, -0.25) is 9.00 Å². The van der Waals surface area contributed by atoms with Gasteiger partial charge in [0.25, 0.3) is 5.91 Å². The second-order valence-electron chi connectivity index (χ2n) is 5.72. The lowest BCUT2D eigenvalue weighted by Crippen LogP contribution is -2.22. The van der Waals surface area contributed by atoms with Gasteiger partial charge in [0.15, 0.2) is 6.61 Å². The van der Waals surface area contributed by atoms with Crippen LogP contribution in [0, 0.1) is 6.92 Å². The number of carbonyl (C=O) groups is 2. The van der Waals surface area contributed by atoms with E-state index in [2.05, 4.69) is 5.32 Å². The Morgan fingerprint density at radius 1 is 1.08 bits per heavy atom. The van der Waals surface area contributed by atoms with E-state index >= 15 is 0 Å². The Kier molecular flexibility index (Phi) is 7.09. The molecule has 0 aliphatic heterocycles. The summed E-state index contributed by atoms with van der Waals surface area (Å²) in [6.45, 7) is 5.30. The molecule has 2 rings (SSSR count). The molecule has 2 aromatic carbocycles. The van der Waals surface area contributed by atoms with Crippen molar-refractivity contribution >= 4 is 28.4 Å². The van der Waals surface area contributed by atoms with Crippen LogP contribution in [-0.2, 0) is 26.8 Å². The minimum Gasteiger partial charge on any atom is -0.452 e. The lowest BCUT2D eigenvalue weighted by molar-refractivity contribution is -0.119. The van der Waals surface area contributed by atoms with Gasteiger partial charge in [0.2, 0.25) is 0 Å². The van der Waals surface area contributed by atoms with E-state index in [4.69, 9.17) is 4.74 Å². The predicted octanol–water partition coefficient (Wildman–Crippen LogP) is 3.48. The van der Waals surface area contributed by atoms with Gasteiger partial charge in [-0.1, -0.05) is 44.2 Å². The number of anilines is 1. The molecule has 0 fully saturated rings. The quantitative estimate of drug-likeness (QED) is 0.754. The fourth-order valence-electron chi connectivity index (χ4n) is 2.58. The highest BCUT2D eigenvalue weighted by Crippen LogP contribution is 2.21. The average molecular weight is 373 g/mol. The number of benzene rings is 2. The molecule has 5 nitrogen and oxygen atoms in total. The Hall–Kier alpha value is -2.47. The number of amides is 1. The molecule has 0 aromatic heterocycles. The number of ether oxygens (including phenoxy) is 1. The summed E-state index contributed by atoms with van der Waals surface area (Å²) >= 11 is 0. The molecule has 0 bridgehead atoms. The molecule has 0 aliphatic carbocycles. The monoisotopic (exact) mass is 373 g/mol. The lowest BCUT2D eigenvalue weighted by Gasteiger charge is -2.13. The van der Waals surface area contributed by atoms with Gasteiger partial charge >= 0.3 is 5.97 Å². The van der Waals surface area contributed by atoms with E-state index in [1.165, 1.54) is 0 Å². The molecule has 6 heteroatoms. The molecule has 1 N–H and O–H groups in total. The molecular formula is C20H23NO4S. The molecule has 0 radical (unpaired) electrons. The number of aryl methyl sites for hydroxylation is 2. The largest absolute Gasteiger partial charge is 0.452 e. The number of rotatable bonds is 7. The first-order chi connectivity index (χ1) is 12.5. The molecule has 1 amide bonds. The predicted molar refractivity (Wildman–Crippen MR) is 103 cm³/mol. The van der Waals surface area contributed by atoms with Gasteiger partial charge < -0.3 is 10.1 Å². The fraction of sp³-hybridized carbons (Fsp3) is 0.300. The van der Waals surface area contributed by atoms with Gasteiger partial charge in [0.05, 0.1) is 21.3 Å². The summed E-state index contributed by atoms with van der Waals surface area (Å²) in [7, 11) is -1.28. The van der Waals surface area contributed by atoms with E-state index in [1.54, 1.807) is 31.2 Å². The standard InChI is InChI=1S/C20H23NO4S/c1-4-15-10-8-9-14(3)19(15)21-18(22)13-25-20(23)16-11-6-7-12-17(16)26(24)5-2/h6-12H,4-5,13H2,1-3H3,(H,21,22)/t26-/m1/s1. The summed E-state index contributed by atoms with van der Waals surface area (Å²) in [5, 5.41) is 2.81. The summed E-state index contributed by atoms with van der Waals surface area (Å²) < 4.78 is 17.2. The molecule has 0 unspecified atom stereocenters. The third-order valence-electron chi connectivity index (χ3n) is 3.95. The number of hydrogen-bond acceptors (Lipinski definition) is 4. The number of carbonyl (C=O) groups excluding carboxylic acids is 2. The third kappa shape index (κ3) is 4.79. The maximum atomic E-state index is 12.3. The highest BCUT2D eigenvalue weighted by molar-refractivity contribution is 7.85. The van der Waals surface area contributed by atoms with Crippen molar-refractivity contribution in [3.05, 3.63) is 59.2 Å². The molecule has 0 saturated heterocycles. The first-order valence-electron chi connectivity index (χ1n) is 8.50. The van der Waals surface area contributed by atoms with Crippen molar-refractivity contribution in [3.8, 4) is 0 Å². The zero-order valence-corrected chi connectivity index (χ0v) is 16.0. The Bertz CT molecular complexity index is 832.